The number of benzene rings is 2. The predicted molar refractivity (Wildman–Crippen MR) is 113 cm³/mol. The first-order chi connectivity index (χ1) is 13.9. The van der Waals surface area contributed by atoms with Gasteiger partial charge >= 0.3 is 0 Å². The number of ether oxygens (including phenoxy) is 2. The third-order valence-electron chi connectivity index (χ3n) is 4.56. The van der Waals surface area contributed by atoms with E-state index in [9.17, 15) is 9.18 Å². The highest BCUT2D eigenvalue weighted by Crippen LogP contribution is 2.35. The van der Waals surface area contributed by atoms with Crippen LogP contribution in [0, 0.1) is 5.82 Å². The maximum absolute atomic E-state index is 13.1. The van der Waals surface area contributed by atoms with E-state index in [0.29, 0.717) is 28.8 Å². The third kappa shape index (κ3) is 4.92. The molecule has 5 nitrogen and oxygen atoms in total. The fourth-order valence-electron chi connectivity index (χ4n) is 3.24. The number of carbonyl (C=O) groups excluding carboxylic acids is 1. The molecule has 2 aromatic carbocycles. The molecule has 1 aliphatic rings. The lowest BCUT2D eigenvalue weighted by atomic mass is 9.93. The van der Waals surface area contributed by atoms with Gasteiger partial charge in [-0.05, 0) is 68.4 Å². The summed E-state index contributed by atoms with van der Waals surface area (Å²) in [6, 6.07) is 11.3. The molecule has 2 aromatic rings. The van der Waals surface area contributed by atoms with E-state index in [0.717, 1.165) is 16.8 Å². The van der Waals surface area contributed by atoms with Gasteiger partial charge in [0.1, 0.15) is 12.4 Å². The van der Waals surface area contributed by atoms with Crippen LogP contribution in [-0.2, 0) is 11.4 Å². The lowest BCUT2D eigenvalue weighted by Gasteiger charge is -2.30. The summed E-state index contributed by atoms with van der Waals surface area (Å²) in [7, 11) is 0. The average molecular weight is 415 g/mol. The molecule has 0 aliphatic carbocycles. The first-order valence-corrected chi connectivity index (χ1v) is 9.73. The summed E-state index contributed by atoms with van der Waals surface area (Å²) in [5, 5.41) is 6.62. The Labute approximate surface area is 174 Å². The summed E-state index contributed by atoms with van der Waals surface area (Å²) in [5.41, 5.74) is 3.05. The van der Waals surface area contributed by atoms with Crippen molar-refractivity contribution in [2.45, 2.75) is 33.4 Å². The molecular weight excluding hydrogens is 391 g/mol. The fraction of sp³-hybridized carbons (Fsp3) is 0.273. The Morgan fingerprint density at radius 3 is 2.52 bits per heavy atom. The van der Waals surface area contributed by atoms with Crippen LogP contribution in [0.3, 0.4) is 0 Å². The Balaban J connectivity index is 1.88. The quantitative estimate of drug-likeness (QED) is 0.663. The SMILES string of the molecule is CCOc1cc(C2NC(=S)NC(C)=C2C(C)=O)ccc1OCc1ccc(F)cc1. The number of thiocarbonyl (C=S) groups is 1. The number of hydrogen-bond donors (Lipinski definition) is 2. The highest BCUT2D eigenvalue weighted by atomic mass is 32.1. The van der Waals surface area contributed by atoms with Crippen LogP contribution in [0.25, 0.3) is 0 Å². The average Bonchev–Trinajstić information content (AvgIpc) is 2.67. The summed E-state index contributed by atoms with van der Waals surface area (Å²) in [6.07, 6.45) is 0. The molecule has 3 rings (SSSR count). The van der Waals surface area contributed by atoms with Gasteiger partial charge in [0, 0.05) is 11.3 Å². The Hall–Kier alpha value is -2.93. The molecule has 1 atom stereocenters. The smallest absolute Gasteiger partial charge is 0.171 e. The Bertz CT molecular complexity index is 957. The molecule has 7 heteroatoms. The van der Waals surface area contributed by atoms with Crippen LogP contribution in [0.2, 0.25) is 0 Å². The van der Waals surface area contributed by atoms with E-state index < -0.39 is 0 Å². The zero-order valence-corrected chi connectivity index (χ0v) is 17.4. The lowest BCUT2D eigenvalue weighted by Crippen LogP contribution is -2.44. The number of rotatable bonds is 7. The van der Waals surface area contributed by atoms with E-state index in [4.69, 9.17) is 21.7 Å². The molecule has 29 heavy (non-hydrogen) atoms. The monoisotopic (exact) mass is 414 g/mol. The van der Waals surface area contributed by atoms with Crippen LogP contribution in [-0.4, -0.2) is 17.5 Å². The van der Waals surface area contributed by atoms with Crippen molar-refractivity contribution in [1.82, 2.24) is 10.6 Å². The number of carbonyl (C=O) groups is 1. The van der Waals surface area contributed by atoms with Gasteiger partial charge in [-0.2, -0.15) is 0 Å². The molecule has 0 spiro atoms. The van der Waals surface area contributed by atoms with E-state index in [1.54, 1.807) is 12.1 Å². The second-order valence-electron chi connectivity index (χ2n) is 6.68. The van der Waals surface area contributed by atoms with Crippen LogP contribution >= 0.6 is 12.2 Å². The van der Waals surface area contributed by atoms with Gasteiger partial charge in [-0.15, -0.1) is 0 Å². The van der Waals surface area contributed by atoms with Crippen LogP contribution in [0.4, 0.5) is 4.39 Å². The molecule has 0 fully saturated rings. The molecule has 1 unspecified atom stereocenters. The third-order valence-corrected chi connectivity index (χ3v) is 4.78. The lowest BCUT2D eigenvalue weighted by molar-refractivity contribution is -0.114. The number of hydrogen-bond acceptors (Lipinski definition) is 4. The molecule has 0 amide bonds. The van der Waals surface area contributed by atoms with Crippen molar-refractivity contribution < 1.29 is 18.7 Å². The van der Waals surface area contributed by atoms with E-state index in [2.05, 4.69) is 10.6 Å². The molecule has 1 aliphatic heterocycles. The Morgan fingerprint density at radius 1 is 1.14 bits per heavy atom. The van der Waals surface area contributed by atoms with Crippen LogP contribution < -0.4 is 20.1 Å². The number of Topliss-reactive ketones (excluding diaryl/α,β-unsaturated/α-hetero) is 1. The molecule has 0 saturated carbocycles. The van der Waals surface area contributed by atoms with Crippen molar-refractivity contribution in [3.63, 3.8) is 0 Å². The van der Waals surface area contributed by atoms with Crippen molar-refractivity contribution in [1.29, 1.82) is 0 Å². The maximum Gasteiger partial charge on any atom is 0.171 e. The highest BCUT2D eigenvalue weighted by molar-refractivity contribution is 7.80. The summed E-state index contributed by atoms with van der Waals surface area (Å²) >= 11 is 5.26. The van der Waals surface area contributed by atoms with E-state index in [1.807, 2.05) is 32.0 Å². The van der Waals surface area contributed by atoms with Gasteiger partial charge in [0.05, 0.1) is 12.6 Å². The Kier molecular flexibility index (Phi) is 6.49. The van der Waals surface area contributed by atoms with Crippen LogP contribution in [0.5, 0.6) is 11.5 Å². The van der Waals surface area contributed by atoms with Crippen molar-refractivity contribution in [3.8, 4) is 11.5 Å². The van der Waals surface area contributed by atoms with Crippen molar-refractivity contribution in [2.24, 2.45) is 0 Å². The van der Waals surface area contributed by atoms with Gasteiger partial charge in [0.15, 0.2) is 22.4 Å². The highest BCUT2D eigenvalue weighted by Gasteiger charge is 2.28. The molecule has 0 saturated heterocycles. The van der Waals surface area contributed by atoms with Crippen LogP contribution in [0.15, 0.2) is 53.7 Å². The van der Waals surface area contributed by atoms with Gasteiger partial charge < -0.3 is 20.1 Å². The first-order valence-electron chi connectivity index (χ1n) is 9.32. The second-order valence-corrected chi connectivity index (χ2v) is 7.09. The molecule has 152 valence electrons. The van der Waals surface area contributed by atoms with Crippen molar-refractivity contribution in [3.05, 3.63) is 70.7 Å². The minimum Gasteiger partial charge on any atom is -0.490 e. The van der Waals surface area contributed by atoms with E-state index >= 15 is 0 Å². The van der Waals surface area contributed by atoms with Crippen LogP contribution in [0.1, 0.15) is 37.9 Å². The molecule has 2 N–H and O–H groups in total. The number of ketones is 1. The number of nitrogens with one attached hydrogen (secondary N) is 2. The predicted octanol–water partition coefficient (Wildman–Crippen LogP) is 4.19. The number of halogens is 1. The summed E-state index contributed by atoms with van der Waals surface area (Å²) in [4.78, 5) is 12.2. The van der Waals surface area contributed by atoms with E-state index in [1.165, 1.54) is 19.1 Å². The standard InChI is InChI=1S/C22H23FN2O3S/c1-4-27-19-11-16(21-20(14(3)26)13(2)24-22(29)25-21)7-10-18(19)28-12-15-5-8-17(23)9-6-15/h5-11,21H,4,12H2,1-3H3,(H2,24,25,29). The van der Waals surface area contributed by atoms with Crippen molar-refractivity contribution >= 4 is 23.1 Å². The maximum atomic E-state index is 13.1. The summed E-state index contributed by atoms with van der Waals surface area (Å²) < 4.78 is 24.7. The van der Waals surface area contributed by atoms with Gasteiger partial charge in [-0.25, -0.2) is 4.39 Å². The summed E-state index contributed by atoms with van der Waals surface area (Å²) in [5.74, 6) is 0.815. The zero-order chi connectivity index (χ0) is 21.0. The van der Waals surface area contributed by atoms with E-state index in [-0.39, 0.29) is 24.2 Å². The fourth-order valence-corrected chi connectivity index (χ4v) is 3.52. The topological polar surface area (TPSA) is 59.6 Å². The molecular formula is C22H23FN2O3S. The van der Waals surface area contributed by atoms with Gasteiger partial charge in [-0.1, -0.05) is 18.2 Å². The summed E-state index contributed by atoms with van der Waals surface area (Å²) in [6.45, 7) is 6.00. The number of allylic oxidation sites excluding steroid dienone is 1. The first kappa shape index (κ1) is 20.8. The largest absolute Gasteiger partial charge is 0.490 e. The molecule has 0 radical (unpaired) electrons. The Morgan fingerprint density at radius 2 is 1.86 bits per heavy atom. The minimum absolute atomic E-state index is 0.0374. The second kappa shape index (κ2) is 9.05. The van der Waals surface area contributed by atoms with Gasteiger partial charge in [0.25, 0.3) is 0 Å². The molecule has 0 bridgehead atoms. The van der Waals surface area contributed by atoms with Crippen molar-refractivity contribution in [2.75, 3.05) is 6.61 Å². The zero-order valence-electron chi connectivity index (χ0n) is 16.5. The minimum atomic E-state index is -0.369. The normalized spacial score (nSPS) is 16.1. The van der Waals surface area contributed by atoms with Gasteiger partial charge in [0.2, 0.25) is 0 Å². The molecule has 0 aromatic heterocycles. The molecule has 1 heterocycles. The van der Waals surface area contributed by atoms with Gasteiger partial charge in [-0.3, -0.25) is 4.79 Å².